The molecule has 1 N–H and O–H groups in total. The molecule has 0 saturated heterocycles. The van der Waals surface area contributed by atoms with Crippen molar-refractivity contribution >= 4 is 16.7 Å². The fourth-order valence-electron chi connectivity index (χ4n) is 1.64. The maximum Gasteiger partial charge on any atom is 0.232 e. The number of rotatable bonds is 6. The van der Waals surface area contributed by atoms with Gasteiger partial charge < -0.3 is 5.32 Å². The van der Waals surface area contributed by atoms with E-state index < -0.39 is 10.8 Å². The molecule has 0 aliphatic heterocycles. The number of amides is 1. The van der Waals surface area contributed by atoms with Crippen LogP contribution < -0.4 is 5.32 Å². The zero-order chi connectivity index (χ0) is 13.5. The molecule has 100 valence electrons. The van der Waals surface area contributed by atoms with Crippen molar-refractivity contribution < 1.29 is 9.00 Å². The molecule has 0 spiro atoms. The molecule has 18 heavy (non-hydrogen) atoms. The van der Waals surface area contributed by atoms with E-state index in [-0.39, 0.29) is 11.7 Å². The first kappa shape index (κ1) is 14.9. The van der Waals surface area contributed by atoms with E-state index in [4.69, 9.17) is 0 Å². The summed E-state index contributed by atoms with van der Waals surface area (Å²) in [5.41, 5.74) is 3.35. The lowest BCUT2D eigenvalue weighted by molar-refractivity contribution is -0.118. The predicted octanol–water partition coefficient (Wildman–Crippen LogP) is 2.08. The van der Waals surface area contributed by atoms with Gasteiger partial charge in [0.25, 0.3) is 0 Å². The molecule has 1 amide bonds. The first-order valence-electron chi connectivity index (χ1n) is 6.20. The van der Waals surface area contributed by atoms with E-state index in [0.717, 1.165) is 23.1 Å². The van der Waals surface area contributed by atoms with Crippen LogP contribution in [0, 0.1) is 13.8 Å². The quantitative estimate of drug-likeness (QED) is 0.857. The van der Waals surface area contributed by atoms with E-state index in [1.165, 1.54) is 0 Å². The molecular weight excluding hydrogens is 246 g/mol. The van der Waals surface area contributed by atoms with Crippen LogP contribution in [0.5, 0.6) is 0 Å². The zero-order valence-corrected chi connectivity index (χ0v) is 12.1. The standard InChI is InChI=1S/C14H21NO2S/c1-4-7-15-14(16)10-18(17)9-13-8-11(2)5-6-12(13)3/h5-6,8H,4,7,9-10H2,1-3H3,(H,15,16). The summed E-state index contributed by atoms with van der Waals surface area (Å²) in [6.45, 7) is 6.66. The Kier molecular flexibility index (Phi) is 6.05. The van der Waals surface area contributed by atoms with Crippen molar-refractivity contribution in [3.05, 3.63) is 34.9 Å². The second-order valence-electron chi connectivity index (χ2n) is 4.51. The van der Waals surface area contributed by atoms with E-state index in [0.29, 0.717) is 12.3 Å². The lowest BCUT2D eigenvalue weighted by atomic mass is 10.1. The number of carbonyl (C=O) groups is 1. The van der Waals surface area contributed by atoms with E-state index in [2.05, 4.69) is 5.32 Å². The van der Waals surface area contributed by atoms with Gasteiger partial charge in [-0.1, -0.05) is 30.7 Å². The van der Waals surface area contributed by atoms with Gasteiger partial charge in [-0.25, -0.2) is 0 Å². The Balaban J connectivity index is 2.54. The molecule has 1 unspecified atom stereocenters. The molecule has 0 radical (unpaired) electrons. The first-order chi connectivity index (χ1) is 8.52. The van der Waals surface area contributed by atoms with Crippen LogP contribution in [0.25, 0.3) is 0 Å². The third kappa shape index (κ3) is 5.00. The van der Waals surface area contributed by atoms with Gasteiger partial charge in [0, 0.05) is 23.1 Å². The Labute approximate surface area is 111 Å². The summed E-state index contributed by atoms with van der Waals surface area (Å²) >= 11 is 0. The molecule has 0 fully saturated rings. The smallest absolute Gasteiger partial charge is 0.232 e. The minimum Gasteiger partial charge on any atom is -0.355 e. The molecule has 0 saturated carbocycles. The average molecular weight is 267 g/mol. The SMILES string of the molecule is CCCNC(=O)CS(=O)Cc1cc(C)ccc1C. The third-order valence-electron chi connectivity index (χ3n) is 2.69. The number of hydrogen-bond donors (Lipinski definition) is 1. The summed E-state index contributed by atoms with van der Waals surface area (Å²) in [6.07, 6.45) is 0.898. The second kappa shape index (κ2) is 7.31. The molecule has 1 rings (SSSR count). The van der Waals surface area contributed by atoms with Gasteiger partial charge in [-0.15, -0.1) is 0 Å². The second-order valence-corrected chi connectivity index (χ2v) is 5.97. The Morgan fingerprint density at radius 2 is 2.06 bits per heavy atom. The molecule has 0 bridgehead atoms. The molecule has 4 heteroatoms. The van der Waals surface area contributed by atoms with Crippen molar-refractivity contribution in [3.8, 4) is 0 Å². The van der Waals surface area contributed by atoms with Crippen LogP contribution in [0.4, 0.5) is 0 Å². The molecular formula is C14H21NO2S. The number of aryl methyl sites for hydroxylation is 2. The topological polar surface area (TPSA) is 46.2 Å². The number of carbonyl (C=O) groups excluding carboxylic acids is 1. The summed E-state index contributed by atoms with van der Waals surface area (Å²) in [5.74, 6) is 0.418. The number of hydrogen-bond acceptors (Lipinski definition) is 2. The fraction of sp³-hybridized carbons (Fsp3) is 0.500. The van der Waals surface area contributed by atoms with Crippen molar-refractivity contribution in [3.63, 3.8) is 0 Å². The average Bonchev–Trinajstić information content (AvgIpc) is 2.31. The largest absolute Gasteiger partial charge is 0.355 e. The predicted molar refractivity (Wildman–Crippen MR) is 75.9 cm³/mol. The number of nitrogens with one attached hydrogen (secondary N) is 1. The Morgan fingerprint density at radius 3 is 2.72 bits per heavy atom. The Hall–Kier alpha value is -1.16. The van der Waals surface area contributed by atoms with Crippen molar-refractivity contribution in [2.75, 3.05) is 12.3 Å². The van der Waals surface area contributed by atoms with Crippen LogP contribution >= 0.6 is 0 Å². The first-order valence-corrected chi connectivity index (χ1v) is 7.69. The van der Waals surface area contributed by atoms with Crippen molar-refractivity contribution in [2.24, 2.45) is 0 Å². The molecule has 0 aliphatic rings. The molecule has 3 nitrogen and oxygen atoms in total. The summed E-state index contributed by atoms with van der Waals surface area (Å²) in [5, 5.41) is 2.74. The van der Waals surface area contributed by atoms with Crippen LogP contribution in [-0.2, 0) is 21.3 Å². The molecule has 1 atom stereocenters. The summed E-state index contributed by atoms with van der Waals surface area (Å²) in [6, 6.07) is 6.10. The summed E-state index contributed by atoms with van der Waals surface area (Å²) in [4.78, 5) is 11.5. The highest BCUT2D eigenvalue weighted by Gasteiger charge is 2.09. The maximum atomic E-state index is 11.9. The summed E-state index contributed by atoms with van der Waals surface area (Å²) in [7, 11) is -1.14. The molecule has 1 aromatic carbocycles. The molecule has 1 aromatic rings. The van der Waals surface area contributed by atoms with Crippen molar-refractivity contribution in [2.45, 2.75) is 32.9 Å². The van der Waals surface area contributed by atoms with Crippen LogP contribution in [-0.4, -0.2) is 22.4 Å². The normalized spacial score (nSPS) is 12.2. The molecule has 0 heterocycles. The lowest BCUT2D eigenvalue weighted by Gasteiger charge is -2.07. The van der Waals surface area contributed by atoms with Crippen LogP contribution in [0.15, 0.2) is 18.2 Å². The van der Waals surface area contributed by atoms with E-state index in [1.54, 1.807) is 0 Å². The third-order valence-corrected chi connectivity index (χ3v) is 3.90. The maximum absolute atomic E-state index is 11.9. The van der Waals surface area contributed by atoms with E-state index in [9.17, 15) is 9.00 Å². The minimum atomic E-state index is -1.14. The highest BCUT2D eigenvalue weighted by atomic mass is 32.2. The van der Waals surface area contributed by atoms with Crippen molar-refractivity contribution in [1.82, 2.24) is 5.32 Å². The monoisotopic (exact) mass is 267 g/mol. The van der Waals surface area contributed by atoms with Gasteiger partial charge in [0.2, 0.25) is 5.91 Å². The van der Waals surface area contributed by atoms with Gasteiger partial charge in [-0.2, -0.15) is 0 Å². The highest BCUT2D eigenvalue weighted by molar-refractivity contribution is 7.84. The summed E-state index contributed by atoms with van der Waals surface area (Å²) < 4.78 is 11.9. The van der Waals surface area contributed by atoms with Gasteiger partial charge in [-0.3, -0.25) is 9.00 Å². The number of benzene rings is 1. The molecule has 0 aromatic heterocycles. The van der Waals surface area contributed by atoms with E-state index in [1.807, 2.05) is 39.0 Å². The Morgan fingerprint density at radius 1 is 1.33 bits per heavy atom. The van der Waals surface area contributed by atoms with Gasteiger partial charge in [0.15, 0.2) is 0 Å². The van der Waals surface area contributed by atoms with Crippen LogP contribution in [0.3, 0.4) is 0 Å². The van der Waals surface area contributed by atoms with Gasteiger partial charge >= 0.3 is 0 Å². The van der Waals surface area contributed by atoms with Gasteiger partial charge in [0.1, 0.15) is 5.75 Å². The van der Waals surface area contributed by atoms with Gasteiger partial charge in [-0.05, 0) is 31.4 Å². The van der Waals surface area contributed by atoms with Crippen LogP contribution in [0.1, 0.15) is 30.0 Å². The fourth-order valence-corrected chi connectivity index (χ4v) is 2.80. The molecule has 0 aliphatic carbocycles. The van der Waals surface area contributed by atoms with Crippen LogP contribution in [0.2, 0.25) is 0 Å². The zero-order valence-electron chi connectivity index (χ0n) is 11.3. The van der Waals surface area contributed by atoms with Gasteiger partial charge in [0.05, 0.1) is 0 Å². The highest BCUT2D eigenvalue weighted by Crippen LogP contribution is 2.12. The minimum absolute atomic E-state index is 0.0907. The van der Waals surface area contributed by atoms with E-state index >= 15 is 0 Å². The Bertz CT molecular complexity index is 443. The van der Waals surface area contributed by atoms with Crippen molar-refractivity contribution in [1.29, 1.82) is 0 Å². The lowest BCUT2D eigenvalue weighted by Crippen LogP contribution is -2.29.